The van der Waals surface area contributed by atoms with Crippen LogP contribution in [-0.2, 0) is 10.1 Å². The van der Waals surface area contributed by atoms with Gasteiger partial charge < -0.3 is 6.15 Å². The van der Waals surface area contributed by atoms with E-state index in [4.69, 9.17) is 4.55 Å². The quantitative estimate of drug-likeness (QED) is 0.450. The average Bonchev–Trinajstić information content (AvgIpc) is 2.02. The highest BCUT2D eigenvalue weighted by atomic mass is 32.2. The van der Waals surface area contributed by atoms with Gasteiger partial charge in [-0.25, -0.2) is 0 Å². The summed E-state index contributed by atoms with van der Waals surface area (Å²) in [5.41, 5.74) is -0.110. The Labute approximate surface area is 86.2 Å². The number of benzene rings is 1. The Hall–Kier alpha value is -1.51. The summed E-state index contributed by atoms with van der Waals surface area (Å²) in [6.07, 6.45) is 0. The van der Waals surface area contributed by atoms with Gasteiger partial charge in [0.2, 0.25) is 0 Å². The fourth-order valence-electron chi connectivity index (χ4n) is 0.980. The van der Waals surface area contributed by atoms with Gasteiger partial charge in [-0.1, -0.05) is 6.07 Å². The minimum absolute atomic E-state index is 0. The number of hydrogen-bond acceptors (Lipinski definition) is 5. The molecule has 0 radical (unpaired) electrons. The summed E-state index contributed by atoms with van der Waals surface area (Å²) in [5, 5.41) is 10.3. The van der Waals surface area contributed by atoms with Crippen molar-refractivity contribution in [1.82, 2.24) is 6.15 Å². The number of non-ortho nitro benzene ring substituents is 1. The van der Waals surface area contributed by atoms with Crippen molar-refractivity contribution in [2.45, 2.75) is 11.8 Å². The Morgan fingerprint density at radius 2 is 1.93 bits per heavy atom. The molecule has 1 rings (SSSR count). The molecule has 8 heteroatoms. The highest BCUT2D eigenvalue weighted by Crippen LogP contribution is 2.20. The third-order valence-electron chi connectivity index (χ3n) is 1.66. The van der Waals surface area contributed by atoms with Gasteiger partial charge >= 0.3 is 0 Å². The number of aryl methyl sites for hydroxylation is 1. The van der Waals surface area contributed by atoms with Gasteiger partial charge in [-0.05, 0) is 12.5 Å². The molecule has 0 bridgehead atoms. The van der Waals surface area contributed by atoms with Crippen LogP contribution in [0.25, 0.3) is 0 Å². The standard InChI is InChI=1S/C7H7NO5S.H3N/c1-5-2-3-6(8(9)10)4-7(5)14(11,12)13;/h2-4H,1H3,(H,11,12,13);1H3. The number of nitrogens with zero attached hydrogens (tertiary/aromatic N) is 1. The zero-order valence-electron chi connectivity index (χ0n) is 7.87. The van der Waals surface area contributed by atoms with Crippen molar-refractivity contribution in [1.29, 1.82) is 0 Å². The maximum absolute atomic E-state index is 10.8. The first kappa shape index (κ1) is 13.5. The van der Waals surface area contributed by atoms with Gasteiger partial charge in [0.25, 0.3) is 15.8 Å². The molecule has 84 valence electrons. The second-order valence-corrected chi connectivity index (χ2v) is 4.07. The van der Waals surface area contributed by atoms with Crippen molar-refractivity contribution in [3.8, 4) is 0 Å². The Bertz CT molecular complexity index is 482. The lowest BCUT2D eigenvalue weighted by molar-refractivity contribution is -0.385. The summed E-state index contributed by atoms with van der Waals surface area (Å²) in [4.78, 5) is 9.15. The third kappa shape index (κ3) is 2.98. The van der Waals surface area contributed by atoms with Crippen LogP contribution >= 0.6 is 0 Å². The van der Waals surface area contributed by atoms with Gasteiger partial charge in [-0.3, -0.25) is 14.7 Å². The summed E-state index contributed by atoms with van der Waals surface area (Å²) < 4.78 is 30.2. The molecule has 0 spiro atoms. The van der Waals surface area contributed by atoms with E-state index in [1.165, 1.54) is 19.1 Å². The van der Waals surface area contributed by atoms with Gasteiger partial charge in [0.15, 0.2) is 0 Å². The van der Waals surface area contributed by atoms with Crippen LogP contribution in [0.3, 0.4) is 0 Å². The normalized spacial score (nSPS) is 10.5. The first-order chi connectivity index (χ1) is 6.32. The smallest absolute Gasteiger partial charge is 0.295 e. The molecule has 0 aliphatic rings. The van der Waals surface area contributed by atoms with E-state index in [-0.39, 0.29) is 17.4 Å². The minimum atomic E-state index is -4.39. The molecule has 0 aliphatic carbocycles. The molecule has 0 saturated heterocycles. The Morgan fingerprint density at radius 1 is 1.40 bits per heavy atom. The molecule has 0 saturated carbocycles. The summed E-state index contributed by atoms with van der Waals surface area (Å²) >= 11 is 0. The van der Waals surface area contributed by atoms with Crippen LogP contribution in [0.5, 0.6) is 0 Å². The third-order valence-corrected chi connectivity index (χ3v) is 2.66. The van der Waals surface area contributed by atoms with Gasteiger partial charge in [-0.15, -0.1) is 0 Å². The number of hydrogen-bond donors (Lipinski definition) is 2. The highest BCUT2D eigenvalue weighted by molar-refractivity contribution is 7.85. The fourth-order valence-corrected chi connectivity index (χ4v) is 1.72. The Morgan fingerprint density at radius 3 is 2.33 bits per heavy atom. The number of rotatable bonds is 2. The van der Waals surface area contributed by atoms with Crippen molar-refractivity contribution in [3.63, 3.8) is 0 Å². The van der Waals surface area contributed by atoms with E-state index in [2.05, 4.69) is 0 Å². The molecule has 0 fully saturated rings. The average molecular weight is 234 g/mol. The Balaban J connectivity index is 0.00000196. The molecule has 0 atom stereocenters. The van der Waals surface area contributed by atoms with E-state index in [1.807, 2.05) is 0 Å². The van der Waals surface area contributed by atoms with E-state index in [9.17, 15) is 18.5 Å². The van der Waals surface area contributed by atoms with Crippen molar-refractivity contribution in [2.24, 2.45) is 0 Å². The summed E-state index contributed by atoms with van der Waals surface area (Å²) in [6.45, 7) is 1.44. The molecule has 0 unspecified atom stereocenters. The van der Waals surface area contributed by atoms with Crippen LogP contribution < -0.4 is 6.15 Å². The second-order valence-electron chi connectivity index (χ2n) is 2.68. The van der Waals surface area contributed by atoms with Gasteiger partial charge in [0.1, 0.15) is 4.90 Å². The first-order valence-electron chi connectivity index (χ1n) is 3.55. The number of nitro groups is 1. The van der Waals surface area contributed by atoms with E-state index in [0.717, 1.165) is 6.07 Å². The molecule has 7 nitrogen and oxygen atoms in total. The molecule has 1 aromatic rings. The van der Waals surface area contributed by atoms with Crippen LogP contribution in [0.2, 0.25) is 0 Å². The fraction of sp³-hybridized carbons (Fsp3) is 0.143. The summed E-state index contributed by atoms with van der Waals surface area (Å²) in [5.74, 6) is 0. The maximum atomic E-state index is 10.8. The predicted octanol–water partition coefficient (Wildman–Crippen LogP) is 1.31. The molecule has 4 N–H and O–H groups in total. The van der Waals surface area contributed by atoms with E-state index in [0.29, 0.717) is 0 Å². The topological polar surface area (TPSA) is 133 Å². The largest absolute Gasteiger partial charge is 0.344 e. The van der Waals surface area contributed by atoms with E-state index in [1.54, 1.807) is 0 Å². The molecular weight excluding hydrogens is 224 g/mol. The van der Waals surface area contributed by atoms with Crippen LogP contribution in [0.4, 0.5) is 5.69 Å². The monoisotopic (exact) mass is 234 g/mol. The van der Waals surface area contributed by atoms with E-state index >= 15 is 0 Å². The van der Waals surface area contributed by atoms with Crippen molar-refractivity contribution in [3.05, 3.63) is 33.9 Å². The van der Waals surface area contributed by atoms with Gasteiger partial charge in [0, 0.05) is 12.1 Å². The lowest BCUT2D eigenvalue weighted by atomic mass is 10.2. The van der Waals surface area contributed by atoms with E-state index < -0.39 is 19.9 Å². The molecule has 1 aromatic carbocycles. The molecule has 0 heterocycles. The summed E-state index contributed by atoms with van der Waals surface area (Å²) in [6, 6.07) is 3.26. The predicted molar refractivity (Wildman–Crippen MR) is 52.7 cm³/mol. The highest BCUT2D eigenvalue weighted by Gasteiger charge is 2.17. The van der Waals surface area contributed by atoms with Crippen LogP contribution in [-0.4, -0.2) is 17.9 Å². The maximum Gasteiger partial charge on any atom is 0.295 e. The molecule has 15 heavy (non-hydrogen) atoms. The summed E-state index contributed by atoms with van der Waals surface area (Å²) in [7, 11) is -4.39. The molecular formula is C7H10N2O5S. The van der Waals surface area contributed by atoms with Crippen LogP contribution in [0.1, 0.15) is 5.56 Å². The lowest BCUT2D eigenvalue weighted by Crippen LogP contribution is -2.01. The first-order valence-corrected chi connectivity index (χ1v) is 4.99. The lowest BCUT2D eigenvalue weighted by Gasteiger charge is -2.00. The zero-order chi connectivity index (χ0) is 10.9. The van der Waals surface area contributed by atoms with Gasteiger partial charge in [0.05, 0.1) is 4.92 Å². The minimum Gasteiger partial charge on any atom is -0.344 e. The Kier molecular flexibility index (Phi) is 3.90. The van der Waals surface area contributed by atoms with Gasteiger partial charge in [-0.2, -0.15) is 8.42 Å². The van der Waals surface area contributed by atoms with Crippen molar-refractivity contribution in [2.75, 3.05) is 0 Å². The molecule has 0 aromatic heterocycles. The van der Waals surface area contributed by atoms with Crippen LogP contribution in [0.15, 0.2) is 23.1 Å². The van der Waals surface area contributed by atoms with Crippen LogP contribution in [0, 0.1) is 17.0 Å². The molecule has 0 amide bonds. The van der Waals surface area contributed by atoms with Crippen molar-refractivity contribution >= 4 is 15.8 Å². The molecule has 0 aliphatic heterocycles. The second kappa shape index (κ2) is 4.34. The number of nitro benzene ring substituents is 1. The van der Waals surface area contributed by atoms with Crippen molar-refractivity contribution < 1.29 is 17.9 Å². The SMILES string of the molecule is Cc1ccc([N+](=O)[O-])cc1S(=O)(=O)O.N. The zero-order valence-corrected chi connectivity index (χ0v) is 8.69.